The standard InChI is InChI=1S/C14H19FN4O/c15-8-11-7-14(20)19(10-11)12-1-5-18(6-2-12)13-9-16-3-4-17-13/h3-4,9,11-12H,1-2,5-8,10H2. The van der Waals surface area contributed by atoms with Crippen LogP contribution in [0.1, 0.15) is 19.3 Å². The van der Waals surface area contributed by atoms with Crippen LogP contribution >= 0.6 is 0 Å². The summed E-state index contributed by atoms with van der Waals surface area (Å²) >= 11 is 0. The van der Waals surface area contributed by atoms with E-state index < -0.39 is 0 Å². The Labute approximate surface area is 117 Å². The number of alkyl halides is 1. The van der Waals surface area contributed by atoms with Gasteiger partial charge in [0.25, 0.3) is 0 Å². The van der Waals surface area contributed by atoms with Crippen molar-refractivity contribution in [1.29, 1.82) is 0 Å². The van der Waals surface area contributed by atoms with Gasteiger partial charge >= 0.3 is 0 Å². The molecule has 0 N–H and O–H groups in total. The predicted octanol–water partition coefficient (Wildman–Crippen LogP) is 1.26. The van der Waals surface area contributed by atoms with E-state index in [0.717, 1.165) is 31.7 Å². The lowest BCUT2D eigenvalue weighted by molar-refractivity contribution is -0.130. The van der Waals surface area contributed by atoms with Gasteiger partial charge < -0.3 is 9.80 Å². The van der Waals surface area contributed by atoms with Crippen LogP contribution in [0.2, 0.25) is 0 Å². The van der Waals surface area contributed by atoms with Crippen molar-refractivity contribution in [1.82, 2.24) is 14.9 Å². The van der Waals surface area contributed by atoms with Gasteiger partial charge in [-0.15, -0.1) is 0 Å². The molecule has 0 aliphatic carbocycles. The van der Waals surface area contributed by atoms with Gasteiger partial charge in [0, 0.05) is 50.4 Å². The van der Waals surface area contributed by atoms with Crippen LogP contribution in [0, 0.1) is 5.92 Å². The maximum absolute atomic E-state index is 12.7. The second-order valence-corrected chi connectivity index (χ2v) is 5.55. The fourth-order valence-electron chi connectivity index (χ4n) is 3.13. The SMILES string of the molecule is O=C1CC(CF)CN1C1CCN(c2cnccn2)CC1. The van der Waals surface area contributed by atoms with Crippen molar-refractivity contribution in [3.63, 3.8) is 0 Å². The van der Waals surface area contributed by atoms with E-state index >= 15 is 0 Å². The Morgan fingerprint density at radius 3 is 2.70 bits per heavy atom. The number of carbonyl (C=O) groups excluding carboxylic acids is 1. The maximum Gasteiger partial charge on any atom is 0.223 e. The molecule has 0 bridgehead atoms. The van der Waals surface area contributed by atoms with E-state index in [-0.39, 0.29) is 24.5 Å². The molecule has 3 heterocycles. The molecule has 5 nitrogen and oxygen atoms in total. The summed E-state index contributed by atoms with van der Waals surface area (Å²) in [6.07, 6.45) is 7.33. The largest absolute Gasteiger partial charge is 0.355 e. The lowest BCUT2D eigenvalue weighted by atomic mass is 10.0. The smallest absolute Gasteiger partial charge is 0.223 e. The van der Waals surface area contributed by atoms with Gasteiger partial charge in [-0.1, -0.05) is 0 Å². The molecule has 2 fully saturated rings. The zero-order chi connectivity index (χ0) is 13.9. The van der Waals surface area contributed by atoms with Crippen molar-refractivity contribution in [3.8, 4) is 0 Å². The molecule has 1 aromatic rings. The van der Waals surface area contributed by atoms with E-state index in [4.69, 9.17) is 0 Å². The average Bonchev–Trinajstić information content (AvgIpc) is 2.89. The molecule has 1 amide bonds. The third kappa shape index (κ3) is 2.59. The number of anilines is 1. The van der Waals surface area contributed by atoms with E-state index in [1.807, 2.05) is 4.90 Å². The van der Waals surface area contributed by atoms with E-state index in [9.17, 15) is 9.18 Å². The highest BCUT2D eigenvalue weighted by Crippen LogP contribution is 2.26. The minimum Gasteiger partial charge on any atom is -0.355 e. The highest BCUT2D eigenvalue weighted by atomic mass is 19.1. The summed E-state index contributed by atoms with van der Waals surface area (Å²) in [7, 11) is 0. The van der Waals surface area contributed by atoms with Gasteiger partial charge in [-0.25, -0.2) is 4.98 Å². The third-order valence-electron chi connectivity index (χ3n) is 4.24. The first kappa shape index (κ1) is 13.3. The molecule has 0 spiro atoms. The van der Waals surface area contributed by atoms with Crippen LogP contribution in [0.25, 0.3) is 0 Å². The van der Waals surface area contributed by atoms with Gasteiger partial charge in [-0.2, -0.15) is 0 Å². The lowest BCUT2D eigenvalue weighted by Crippen LogP contribution is -2.45. The van der Waals surface area contributed by atoms with Crippen molar-refractivity contribution >= 4 is 11.7 Å². The molecule has 6 heteroatoms. The first-order chi connectivity index (χ1) is 9.78. The van der Waals surface area contributed by atoms with Crippen molar-refractivity contribution in [2.75, 3.05) is 31.2 Å². The number of likely N-dealkylation sites (tertiary alicyclic amines) is 1. The number of piperidine rings is 1. The number of hydrogen-bond acceptors (Lipinski definition) is 4. The fourth-order valence-corrected chi connectivity index (χ4v) is 3.13. The molecular formula is C14H19FN4O. The lowest BCUT2D eigenvalue weighted by Gasteiger charge is -2.37. The molecule has 0 radical (unpaired) electrons. The summed E-state index contributed by atoms with van der Waals surface area (Å²) in [5.74, 6) is 0.909. The number of amides is 1. The zero-order valence-corrected chi connectivity index (χ0v) is 11.4. The van der Waals surface area contributed by atoms with Gasteiger partial charge in [0.2, 0.25) is 5.91 Å². The van der Waals surface area contributed by atoms with E-state index in [2.05, 4.69) is 14.9 Å². The second-order valence-electron chi connectivity index (χ2n) is 5.55. The van der Waals surface area contributed by atoms with Crippen LogP contribution in [0.5, 0.6) is 0 Å². The Bertz CT molecular complexity index is 462. The van der Waals surface area contributed by atoms with Crippen molar-refractivity contribution in [2.45, 2.75) is 25.3 Å². The number of rotatable bonds is 3. The Hall–Kier alpha value is -1.72. The van der Waals surface area contributed by atoms with Gasteiger partial charge in [-0.05, 0) is 12.8 Å². The summed E-state index contributed by atoms with van der Waals surface area (Å²) in [6, 6.07) is 0.256. The molecule has 2 saturated heterocycles. The molecule has 20 heavy (non-hydrogen) atoms. The molecule has 0 saturated carbocycles. The highest BCUT2D eigenvalue weighted by Gasteiger charge is 2.35. The summed E-state index contributed by atoms with van der Waals surface area (Å²) in [5, 5.41) is 0. The predicted molar refractivity (Wildman–Crippen MR) is 73.1 cm³/mol. The van der Waals surface area contributed by atoms with Crippen LogP contribution < -0.4 is 4.90 Å². The Morgan fingerprint density at radius 1 is 1.30 bits per heavy atom. The number of halogens is 1. The number of hydrogen-bond donors (Lipinski definition) is 0. The first-order valence-corrected chi connectivity index (χ1v) is 7.14. The summed E-state index contributed by atoms with van der Waals surface area (Å²) in [4.78, 5) is 24.4. The zero-order valence-electron chi connectivity index (χ0n) is 11.4. The van der Waals surface area contributed by atoms with Crippen molar-refractivity contribution in [3.05, 3.63) is 18.6 Å². The third-order valence-corrected chi connectivity index (χ3v) is 4.24. The van der Waals surface area contributed by atoms with Gasteiger partial charge in [-0.3, -0.25) is 14.2 Å². The van der Waals surface area contributed by atoms with E-state index in [1.54, 1.807) is 18.6 Å². The van der Waals surface area contributed by atoms with E-state index in [1.165, 1.54) is 0 Å². The Balaban J connectivity index is 1.58. The minimum atomic E-state index is -0.388. The molecule has 108 valence electrons. The number of aromatic nitrogens is 2. The fraction of sp³-hybridized carbons (Fsp3) is 0.643. The molecule has 2 aliphatic rings. The maximum atomic E-state index is 12.7. The topological polar surface area (TPSA) is 49.3 Å². The van der Waals surface area contributed by atoms with Gasteiger partial charge in [0.05, 0.1) is 12.9 Å². The van der Waals surface area contributed by atoms with Crippen molar-refractivity contribution < 1.29 is 9.18 Å². The monoisotopic (exact) mass is 278 g/mol. The first-order valence-electron chi connectivity index (χ1n) is 7.14. The Kier molecular flexibility index (Phi) is 3.80. The quantitative estimate of drug-likeness (QED) is 0.835. The van der Waals surface area contributed by atoms with Gasteiger partial charge in [0.15, 0.2) is 0 Å². The van der Waals surface area contributed by atoms with Crippen LogP contribution in [-0.4, -0.2) is 53.1 Å². The average molecular weight is 278 g/mol. The van der Waals surface area contributed by atoms with Crippen LogP contribution in [0.4, 0.5) is 10.2 Å². The molecule has 1 aromatic heterocycles. The van der Waals surface area contributed by atoms with Crippen LogP contribution in [0.3, 0.4) is 0 Å². The molecular weight excluding hydrogens is 259 g/mol. The van der Waals surface area contributed by atoms with Crippen LogP contribution in [-0.2, 0) is 4.79 Å². The van der Waals surface area contributed by atoms with Crippen molar-refractivity contribution in [2.24, 2.45) is 5.92 Å². The van der Waals surface area contributed by atoms with E-state index in [0.29, 0.717) is 13.0 Å². The Morgan fingerprint density at radius 2 is 2.10 bits per heavy atom. The minimum absolute atomic E-state index is 0.0967. The highest BCUT2D eigenvalue weighted by molar-refractivity contribution is 5.79. The molecule has 1 atom stereocenters. The van der Waals surface area contributed by atoms with Crippen LogP contribution in [0.15, 0.2) is 18.6 Å². The molecule has 1 unspecified atom stereocenters. The molecule has 0 aromatic carbocycles. The number of nitrogens with zero attached hydrogens (tertiary/aromatic N) is 4. The summed E-state index contributed by atoms with van der Waals surface area (Å²) in [6.45, 7) is 1.94. The number of carbonyl (C=O) groups is 1. The molecule has 2 aliphatic heterocycles. The summed E-state index contributed by atoms with van der Waals surface area (Å²) in [5.41, 5.74) is 0. The normalized spacial score (nSPS) is 24.4. The summed E-state index contributed by atoms with van der Waals surface area (Å²) < 4.78 is 12.7. The molecule has 3 rings (SSSR count). The second kappa shape index (κ2) is 5.73. The van der Waals surface area contributed by atoms with Gasteiger partial charge in [0.1, 0.15) is 5.82 Å².